The standard InChI is InChI=1S/C14H21FN2O3/c1-17(2)14(19)7-8-16-9-11(18)10-20-13-6-4-3-5-12(13)15/h3-6,11,16,18H,7-10H2,1-2H3. The first-order valence-electron chi connectivity index (χ1n) is 6.47. The molecule has 2 N–H and O–H groups in total. The fraction of sp³-hybridized carbons (Fsp3) is 0.500. The zero-order chi connectivity index (χ0) is 15.0. The van der Waals surface area contributed by atoms with Gasteiger partial charge in [-0.25, -0.2) is 4.39 Å². The molecule has 5 nitrogen and oxygen atoms in total. The molecule has 0 fully saturated rings. The SMILES string of the molecule is CN(C)C(=O)CCNCC(O)COc1ccccc1F. The minimum absolute atomic E-state index is 0.00440. The van der Waals surface area contributed by atoms with Crippen molar-refractivity contribution in [2.24, 2.45) is 0 Å². The molecule has 0 aliphatic rings. The summed E-state index contributed by atoms with van der Waals surface area (Å²) in [6, 6.07) is 6.04. The van der Waals surface area contributed by atoms with E-state index in [9.17, 15) is 14.3 Å². The Morgan fingerprint density at radius 1 is 1.45 bits per heavy atom. The second-order valence-corrected chi connectivity index (χ2v) is 4.64. The minimum atomic E-state index is -0.760. The van der Waals surface area contributed by atoms with Crippen LogP contribution in [0.1, 0.15) is 6.42 Å². The van der Waals surface area contributed by atoms with E-state index in [0.717, 1.165) is 0 Å². The third-order valence-corrected chi connectivity index (χ3v) is 2.66. The first-order chi connectivity index (χ1) is 9.50. The molecule has 1 amide bonds. The number of hydrogen-bond donors (Lipinski definition) is 2. The fourth-order valence-electron chi connectivity index (χ4n) is 1.49. The fourth-order valence-corrected chi connectivity index (χ4v) is 1.49. The summed E-state index contributed by atoms with van der Waals surface area (Å²) in [6.45, 7) is 0.762. The zero-order valence-electron chi connectivity index (χ0n) is 11.8. The number of aliphatic hydroxyl groups excluding tert-OH is 1. The highest BCUT2D eigenvalue weighted by Gasteiger charge is 2.08. The van der Waals surface area contributed by atoms with E-state index in [-0.39, 0.29) is 24.8 Å². The summed E-state index contributed by atoms with van der Waals surface area (Å²) in [5.41, 5.74) is 0. The molecule has 0 saturated carbocycles. The number of benzene rings is 1. The van der Waals surface area contributed by atoms with Crippen molar-refractivity contribution >= 4 is 5.91 Å². The van der Waals surface area contributed by atoms with Gasteiger partial charge >= 0.3 is 0 Å². The van der Waals surface area contributed by atoms with Crippen LogP contribution in [-0.2, 0) is 4.79 Å². The maximum atomic E-state index is 13.2. The van der Waals surface area contributed by atoms with Gasteiger partial charge in [0, 0.05) is 33.6 Å². The number of carbonyl (C=O) groups excluding carboxylic acids is 1. The number of ether oxygens (including phenoxy) is 1. The van der Waals surface area contributed by atoms with Crippen LogP contribution in [0.4, 0.5) is 4.39 Å². The van der Waals surface area contributed by atoms with Gasteiger partial charge in [-0.05, 0) is 12.1 Å². The first kappa shape index (κ1) is 16.4. The van der Waals surface area contributed by atoms with E-state index in [1.165, 1.54) is 17.0 Å². The normalized spacial score (nSPS) is 12.0. The van der Waals surface area contributed by atoms with Crippen LogP contribution in [0.3, 0.4) is 0 Å². The van der Waals surface area contributed by atoms with Crippen molar-refractivity contribution in [3.05, 3.63) is 30.1 Å². The van der Waals surface area contributed by atoms with Gasteiger partial charge in [0.15, 0.2) is 11.6 Å². The molecule has 1 aromatic rings. The van der Waals surface area contributed by atoms with Gasteiger partial charge in [-0.2, -0.15) is 0 Å². The van der Waals surface area contributed by atoms with Crippen molar-refractivity contribution in [2.75, 3.05) is 33.8 Å². The largest absolute Gasteiger partial charge is 0.488 e. The molecule has 0 spiro atoms. The van der Waals surface area contributed by atoms with Crippen LogP contribution in [0, 0.1) is 5.82 Å². The number of carbonyl (C=O) groups is 1. The second kappa shape index (κ2) is 8.50. The lowest BCUT2D eigenvalue weighted by atomic mass is 10.3. The van der Waals surface area contributed by atoms with Gasteiger partial charge in [-0.1, -0.05) is 12.1 Å². The summed E-state index contributed by atoms with van der Waals surface area (Å²) in [6.07, 6.45) is -0.391. The Hall–Kier alpha value is -1.66. The Balaban J connectivity index is 2.16. The number of nitrogens with zero attached hydrogens (tertiary/aromatic N) is 1. The monoisotopic (exact) mass is 284 g/mol. The number of aliphatic hydroxyl groups is 1. The van der Waals surface area contributed by atoms with Gasteiger partial charge in [0.2, 0.25) is 5.91 Å². The van der Waals surface area contributed by atoms with Gasteiger partial charge in [0.1, 0.15) is 12.7 Å². The number of halogens is 1. The Labute approximate surface area is 118 Å². The van der Waals surface area contributed by atoms with Crippen molar-refractivity contribution < 1.29 is 19.0 Å². The predicted octanol–water partition coefficient (Wildman–Crippen LogP) is 0.633. The van der Waals surface area contributed by atoms with E-state index in [0.29, 0.717) is 13.0 Å². The van der Waals surface area contributed by atoms with E-state index in [1.54, 1.807) is 26.2 Å². The van der Waals surface area contributed by atoms with Crippen molar-refractivity contribution in [1.29, 1.82) is 0 Å². The molecule has 1 unspecified atom stereocenters. The third-order valence-electron chi connectivity index (χ3n) is 2.66. The van der Waals surface area contributed by atoms with E-state index >= 15 is 0 Å². The van der Waals surface area contributed by atoms with Crippen LogP contribution >= 0.6 is 0 Å². The molecule has 0 heterocycles. The lowest BCUT2D eigenvalue weighted by molar-refractivity contribution is -0.128. The first-order valence-corrected chi connectivity index (χ1v) is 6.47. The Kier molecular flexibility index (Phi) is 6.97. The average Bonchev–Trinajstić information content (AvgIpc) is 2.42. The highest BCUT2D eigenvalue weighted by Crippen LogP contribution is 2.15. The molecule has 0 radical (unpaired) electrons. The van der Waals surface area contributed by atoms with E-state index in [4.69, 9.17) is 4.74 Å². The van der Waals surface area contributed by atoms with Crippen LogP contribution in [0.25, 0.3) is 0 Å². The molecule has 1 rings (SSSR count). The molecule has 0 aliphatic heterocycles. The molecular weight excluding hydrogens is 263 g/mol. The van der Waals surface area contributed by atoms with Gasteiger partial charge in [0.05, 0.1) is 0 Å². The Bertz CT molecular complexity index is 427. The zero-order valence-corrected chi connectivity index (χ0v) is 11.8. The van der Waals surface area contributed by atoms with Crippen molar-refractivity contribution in [1.82, 2.24) is 10.2 Å². The molecule has 6 heteroatoms. The molecule has 0 aromatic heterocycles. The van der Waals surface area contributed by atoms with Gasteiger partial charge in [-0.15, -0.1) is 0 Å². The lowest BCUT2D eigenvalue weighted by Gasteiger charge is -2.14. The van der Waals surface area contributed by atoms with Crippen molar-refractivity contribution in [3.8, 4) is 5.75 Å². The van der Waals surface area contributed by atoms with Gasteiger partial charge in [-0.3, -0.25) is 4.79 Å². The highest BCUT2D eigenvalue weighted by molar-refractivity contribution is 5.75. The molecule has 1 aromatic carbocycles. The van der Waals surface area contributed by atoms with E-state index in [1.807, 2.05) is 0 Å². The Morgan fingerprint density at radius 3 is 2.80 bits per heavy atom. The molecule has 1 atom stereocenters. The van der Waals surface area contributed by atoms with Crippen LogP contribution in [0.2, 0.25) is 0 Å². The lowest BCUT2D eigenvalue weighted by Crippen LogP contribution is -2.34. The second-order valence-electron chi connectivity index (χ2n) is 4.64. The van der Waals surface area contributed by atoms with Crippen molar-refractivity contribution in [3.63, 3.8) is 0 Å². The molecule has 0 saturated heterocycles. The summed E-state index contributed by atoms with van der Waals surface area (Å²) in [4.78, 5) is 12.8. The summed E-state index contributed by atoms with van der Waals surface area (Å²) in [5, 5.41) is 12.6. The maximum Gasteiger partial charge on any atom is 0.223 e. The molecule has 0 aliphatic carbocycles. The molecule has 112 valence electrons. The van der Waals surface area contributed by atoms with E-state index in [2.05, 4.69) is 5.32 Å². The van der Waals surface area contributed by atoms with Crippen LogP contribution in [-0.4, -0.2) is 55.8 Å². The van der Waals surface area contributed by atoms with Crippen LogP contribution < -0.4 is 10.1 Å². The maximum absolute atomic E-state index is 13.2. The summed E-state index contributed by atoms with van der Waals surface area (Å²) in [5.74, 6) is -0.312. The Morgan fingerprint density at radius 2 is 2.15 bits per heavy atom. The van der Waals surface area contributed by atoms with Crippen LogP contribution in [0.5, 0.6) is 5.75 Å². The average molecular weight is 284 g/mol. The van der Waals surface area contributed by atoms with E-state index < -0.39 is 11.9 Å². The number of hydrogen-bond acceptors (Lipinski definition) is 4. The number of para-hydroxylation sites is 1. The molecule has 20 heavy (non-hydrogen) atoms. The minimum Gasteiger partial charge on any atom is -0.488 e. The summed E-state index contributed by atoms with van der Waals surface area (Å²) < 4.78 is 18.4. The predicted molar refractivity (Wildman–Crippen MR) is 74.1 cm³/mol. The topological polar surface area (TPSA) is 61.8 Å². The van der Waals surface area contributed by atoms with Crippen LogP contribution in [0.15, 0.2) is 24.3 Å². The smallest absolute Gasteiger partial charge is 0.223 e. The summed E-state index contributed by atoms with van der Waals surface area (Å²) in [7, 11) is 3.39. The number of nitrogens with one attached hydrogen (secondary N) is 1. The van der Waals surface area contributed by atoms with Crippen molar-refractivity contribution in [2.45, 2.75) is 12.5 Å². The highest BCUT2D eigenvalue weighted by atomic mass is 19.1. The molecular formula is C14H21FN2O3. The third kappa shape index (κ3) is 5.99. The quantitative estimate of drug-likeness (QED) is 0.688. The molecule has 0 bridgehead atoms. The van der Waals surface area contributed by atoms with Gasteiger partial charge < -0.3 is 20.1 Å². The number of amides is 1. The summed E-state index contributed by atoms with van der Waals surface area (Å²) >= 11 is 0. The number of rotatable bonds is 8. The van der Waals surface area contributed by atoms with Gasteiger partial charge in [0.25, 0.3) is 0 Å².